The number of hydrogen-bond acceptors (Lipinski definition) is 2. The van der Waals surface area contributed by atoms with Crippen LogP contribution in [0, 0.1) is 6.92 Å². The number of hydrogen-bond donors (Lipinski definition) is 1. The van der Waals surface area contributed by atoms with Crippen LogP contribution >= 0.6 is 0 Å². The number of nitrogen functional groups attached to an aromatic ring is 1. The van der Waals surface area contributed by atoms with E-state index >= 15 is 0 Å². The molecule has 0 unspecified atom stereocenters. The molecule has 2 rings (SSSR count). The van der Waals surface area contributed by atoms with E-state index in [1.54, 1.807) is 0 Å². The summed E-state index contributed by atoms with van der Waals surface area (Å²) in [5.74, 6) is 1.48. The lowest BCUT2D eigenvalue weighted by molar-refractivity contribution is 0.322. The molecule has 0 aliphatic rings. The van der Waals surface area contributed by atoms with Crippen LogP contribution in [0.15, 0.2) is 42.5 Å². The lowest BCUT2D eigenvalue weighted by Gasteiger charge is -2.13. The minimum absolute atomic E-state index is 0.549. The Hall–Kier alpha value is -1.96. The number of ether oxygens (including phenoxy) is 1. The van der Waals surface area contributed by atoms with Crippen molar-refractivity contribution in [2.75, 3.05) is 12.3 Å². The third-order valence-electron chi connectivity index (χ3n) is 3.56. The number of rotatable bonds is 5. The largest absolute Gasteiger partial charge is 0.493 e. The minimum Gasteiger partial charge on any atom is -0.493 e. The van der Waals surface area contributed by atoms with Crippen LogP contribution in [-0.2, 0) is 6.42 Å². The summed E-state index contributed by atoms with van der Waals surface area (Å²) in [5, 5.41) is 0. The SMILES string of the molecule is Cc1cc(OCCc2ccccc2N)ccc1C(C)C. The van der Waals surface area contributed by atoms with Gasteiger partial charge in [-0.3, -0.25) is 0 Å². The van der Waals surface area contributed by atoms with Crippen LogP contribution in [0.4, 0.5) is 5.69 Å². The number of benzene rings is 2. The summed E-state index contributed by atoms with van der Waals surface area (Å²) in [7, 11) is 0. The molecule has 2 heteroatoms. The van der Waals surface area contributed by atoms with Crippen molar-refractivity contribution in [3.05, 3.63) is 59.2 Å². The lowest BCUT2D eigenvalue weighted by Crippen LogP contribution is -2.04. The van der Waals surface area contributed by atoms with E-state index < -0.39 is 0 Å². The van der Waals surface area contributed by atoms with Crippen LogP contribution in [-0.4, -0.2) is 6.61 Å². The van der Waals surface area contributed by atoms with E-state index in [1.807, 2.05) is 24.3 Å². The van der Waals surface area contributed by atoms with Crippen molar-refractivity contribution in [2.45, 2.75) is 33.1 Å². The number of anilines is 1. The van der Waals surface area contributed by atoms with Crippen LogP contribution in [0.2, 0.25) is 0 Å². The fraction of sp³-hybridized carbons (Fsp3) is 0.333. The summed E-state index contributed by atoms with van der Waals surface area (Å²) in [5.41, 5.74) is 10.6. The Morgan fingerprint density at radius 3 is 2.50 bits per heavy atom. The van der Waals surface area contributed by atoms with Gasteiger partial charge in [0.05, 0.1) is 6.61 Å². The van der Waals surface area contributed by atoms with Crippen molar-refractivity contribution in [1.29, 1.82) is 0 Å². The molecule has 0 atom stereocenters. The second-order valence-electron chi connectivity index (χ2n) is 5.47. The fourth-order valence-electron chi connectivity index (χ4n) is 2.43. The normalized spacial score (nSPS) is 10.8. The summed E-state index contributed by atoms with van der Waals surface area (Å²) in [6.07, 6.45) is 0.831. The smallest absolute Gasteiger partial charge is 0.119 e. The van der Waals surface area contributed by atoms with E-state index in [9.17, 15) is 0 Å². The molecule has 0 amide bonds. The van der Waals surface area contributed by atoms with Gasteiger partial charge in [0, 0.05) is 12.1 Å². The Morgan fingerprint density at radius 2 is 1.85 bits per heavy atom. The third-order valence-corrected chi connectivity index (χ3v) is 3.56. The Morgan fingerprint density at radius 1 is 1.10 bits per heavy atom. The van der Waals surface area contributed by atoms with Gasteiger partial charge in [0.15, 0.2) is 0 Å². The van der Waals surface area contributed by atoms with Crippen LogP contribution < -0.4 is 10.5 Å². The van der Waals surface area contributed by atoms with E-state index in [4.69, 9.17) is 10.5 Å². The molecule has 20 heavy (non-hydrogen) atoms. The van der Waals surface area contributed by atoms with Gasteiger partial charge in [0.1, 0.15) is 5.75 Å². The number of para-hydroxylation sites is 1. The van der Waals surface area contributed by atoms with Gasteiger partial charge in [0.25, 0.3) is 0 Å². The zero-order chi connectivity index (χ0) is 14.5. The highest BCUT2D eigenvalue weighted by molar-refractivity contribution is 5.46. The van der Waals surface area contributed by atoms with E-state index in [-0.39, 0.29) is 0 Å². The molecule has 0 bridgehead atoms. The zero-order valence-electron chi connectivity index (χ0n) is 12.5. The average Bonchev–Trinajstić information content (AvgIpc) is 2.40. The Labute approximate surface area is 121 Å². The molecule has 0 saturated heterocycles. The van der Waals surface area contributed by atoms with Gasteiger partial charge in [-0.1, -0.05) is 38.1 Å². The van der Waals surface area contributed by atoms with Crippen molar-refractivity contribution in [1.82, 2.24) is 0 Å². The molecule has 2 aromatic rings. The molecule has 0 aliphatic carbocycles. The standard InChI is InChI=1S/C18H23NO/c1-13(2)17-9-8-16(12-14(17)3)20-11-10-15-6-4-5-7-18(15)19/h4-9,12-13H,10-11,19H2,1-3H3. The van der Waals surface area contributed by atoms with Gasteiger partial charge in [-0.2, -0.15) is 0 Å². The summed E-state index contributed by atoms with van der Waals surface area (Å²) in [4.78, 5) is 0. The molecule has 0 fully saturated rings. The molecule has 0 spiro atoms. The first-order chi connectivity index (χ1) is 9.58. The summed E-state index contributed by atoms with van der Waals surface area (Å²) < 4.78 is 5.82. The van der Waals surface area contributed by atoms with Crippen molar-refractivity contribution < 1.29 is 4.74 Å². The Balaban J connectivity index is 1.95. The van der Waals surface area contributed by atoms with Gasteiger partial charge in [-0.15, -0.1) is 0 Å². The Bertz CT molecular complexity index is 575. The molecule has 0 heterocycles. The predicted octanol–water partition coefficient (Wildman–Crippen LogP) is 4.32. The van der Waals surface area contributed by atoms with Crippen molar-refractivity contribution in [3.8, 4) is 5.75 Å². The lowest BCUT2D eigenvalue weighted by atomic mass is 9.98. The molecule has 0 saturated carbocycles. The molecule has 2 nitrogen and oxygen atoms in total. The van der Waals surface area contributed by atoms with Gasteiger partial charge in [0.2, 0.25) is 0 Å². The quantitative estimate of drug-likeness (QED) is 0.820. The molecule has 2 aromatic carbocycles. The van der Waals surface area contributed by atoms with Crippen LogP contribution in [0.25, 0.3) is 0 Å². The highest BCUT2D eigenvalue weighted by atomic mass is 16.5. The van der Waals surface area contributed by atoms with E-state index in [0.29, 0.717) is 12.5 Å². The molecule has 0 radical (unpaired) electrons. The second kappa shape index (κ2) is 6.47. The van der Waals surface area contributed by atoms with Crippen LogP contribution in [0.5, 0.6) is 5.75 Å². The van der Waals surface area contributed by atoms with Crippen molar-refractivity contribution in [2.24, 2.45) is 0 Å². The first-order valence-electron chi connectivity index (χ1n) is 7.14. The first kappa shape index (κ1) is 14.4. The molecular weight excluding hydrogens is 246 g/mol. The predicted molar refractivity (Wildman–Crippen MR) is 85.3 cm³/mol. The summed E-state index contributed by atoms with van der Waals surface area (Å²) in [6.45, 7) is 7.20. The maximum absolute atomic E-state index is 5.92. The minimum atomic E-state index is 0.549. The zero-order valence-corrected chi connectivity index (χ0v) is 12.5. The average molecular weight is 269 g/mol. The van der Waals surface area contributed by atoms with Gasteiger partial charge in [-0.05, 0) is 47.7 Å². The molecular formula is C18H23NO. The number of aryl methyl sites for hydroxylation is 1. The van der Waals surface area contributed by atoms with Crippen molar-refractivity contribution >= 4 is 5.69 Å². The highest BCUT2D eigenvalue weighted by Crippen LogP contribution is 2.23. The number of nitrogens with two attached hydrogens (primary N) is 1. The van der Waals surface area contributed by atoms with Gasteiger partial charge >= 0.3 is 0 Å². The van der Waals surface area contributed by atoms with E-state index in [1.165, 1.54) is 11.1 Å². The maximum Gasteiger partial charge on any atom is 0.119 e. The van der Waals surface area contributed by atoms with Gasteiger partial charge in [-0.25, -0.2) is 0 Å². The highest BCUT2D eigenvalue weighted by Gasteiger charge is 2.05. The summed E-state index contributed by atoms with van der Waals surface area (Å²) in [6, 6.07) is 14.3. The Kier molecular flexibility index (Phi) is 4.67. The monoisotopic (exact) mass is 269 g/mol. The summed E-state index contributed by atoms with van der Waals surface area (Å²) >= 11 is 0. The molecule has 106 valence electrons. The topological polar surface area (TPSA) is 35.2 Å². The fourth-order valence-corrected chi connectivity index (χ4v) is 2.43. The first-order valence-corrected chi connectivity index (χ1v) is 7.14. The molecule has 0 aliphatic heterocycles. The van der Waals surface area contributed by atoms with Gasteiger partial charge < -0.3 is 10.5 Å². The van der Waals surface area contributed by atoms with Crippen LogP contribution in [0.3, 0.4) is 0 Å². The van der Waals surface area contributed by atoms with E-state index in [2.05, 4.69) is 39.0 Å². The third kappa shape index (κ3) is 3.53. The second-order valence-corrected chi connectivity index (χ2v) is 5.47. The van der Waals surface area contributed by atoms with Crippen molar-refractivity contribution in [3.63, 3.8) is 0 Å². The molecule has 2 N–H and O–H groups in total. The maximum atomic E-state index is 5.92. The van der Waals surface area contributed by atoms with Crippen LogP contribution in [0.1, 0.15) is 36.5 Å². The molecule has 0 aromatic heterocycles. The van der Waals surface area contributed by atoms with E-state index in [0.717, 1.165) is 23.4 Å².